The van der Waals surface area contributed by atoms with Crippen LogP contribution in [0.2, 0.25) is 10.0 Å². The number of allylic oxidation sites excluding steroid dienone is 1. The van der Waals surface area contributed by atoms with Gasteiger partial charge in [-0.3, -0.25) is 4.79 Å². The van der Waals surface area contributed by atoms with Crippen molar-refractivity contribution in [3.8, 4) is 17.6 Å². The highest BCUT2D eigenvalue weighted by Gasteiger charge is 2.08. The summed E-state index contributed by atoms with van der Waals surface area (Å²) in [5.74, 6) is 0.702. The lowest BCUT2D eigenvalue weighted by Crippen LogP contribution is -1.97. The third-order valence-corrected chi connectivity index (χ3v) is 3.65. The lowest BCUT2D eigenvalue weighted by molar-refractivity contribution is 0.104. The van der Waals surface area contributed by atoms with Crippen molar-refractivity contribution in [1.29, 1.82) is 5.26 Å². The van der Waals surface area contributed by atoms with Crippen molar-refractivity contribution >= 4 is 35.1 Å². The predicted molar refractivity (Wildman–Crippen MR) is 93.9 cm³/mol. The maximum Gasteiger partial charge on any atom is 0.187 e. The van der Waals surface area contributed by atoms with E-state index in [2.05, 4.69) is 0 Å². The van der Waals surface area contributed by atoms with Gasteiger partial charge in [-0.15, -0.1) is 0 Å². The third kappa shape index (κ3) is 4.51. The minimum atomic E-state index is -0.236. The van der Waals surface area contributed by atoms with Gasteiger partial charge in [-0.25, -0.2) is 0 Å². The van der Waals surface area contributed by atoms with Crippen molar-refractivity contribution in [2.24, 2.45) is 0 Å². The van der Waals surface area contributed by atoms with Crippen LogP contribution in [0.4, 0.5) is 0 Å². The molecule has 0 N–H and O–H groups in total. The van der Waals surface area contributed by atoms with Crippen LogP contribution in [-0.2, 0) is 0 Å². The monoisotopic (exact) mass is 361 g/mol. The van der Waals surface area contributed by atoms with Crippen LogP contribution in [0.3, 0.4) is 0 Å². The van der Waals surface area contributed by atoms with Crippen molar-refractivity contribution < 1.29 is 14.3 Å². The number of hydrogen-bond acceptors (Lipinski definition) is 4. The summed E-state index contributed by atoms with van der Waals surface area (Å²) in [6.07, 6.45) is 3.06. The van der Waals surface area contributed by atoms with E-state index >= 15 is 0 Å². The number of halogens is 2. The Labute approximate surface area is 149 Å². The van der Waals surface area contributed by atoms with Crippen LogP contribution in [0.5, 0.6) is 11.5 Å². The van der Waals surface area contributed by atoms with E-state index in [1.807, 2.05) is 6.07 Å². The van der Waals surface area contributed by atoms with Crippen LogP contribution in [0, 0.1) is 11.3 Å². The van der Waals surface area contributed by atoms with Crippen LogP contribution in [0.15, 0.2) is 42.5 Å². The Morgan fingerprint density at radius 2 is 2.00 bits per heavy atom. The molecule has 0 fully saturated rings. The number of carbonyl (C=O) groups excluding carboxylic acids is 1. The number of ether oxygens (including phenoxy) is 2. The number of rotatable bonds is 6. The van der Waals surface area contributed by atoms with Gasteiger partial charge in [0.05, 0.1) is 12.1 Å². The summed E-state index contributed by atoms with van der Waals surface area (Å²) in [6.45, 7) is -0.0703. The Kier molecular flexibility index (Phi) is 6.25. The minimum absolute atomic E-state index is 0.0703. The van der Waals surface area contributed by atoms with Gasteiger partial charge in [0.25, 0.3) is 0 Å². The second kappa shape index (κ2) is 8.39. The van der Waals surface area contributed by atoms with Gasteiger partial charge in [0.1, 0.15) is 6.07 Å². The van der Waals surface area contributed by atoms with E-state index in [9.17, 15) is 4.79 Å². The van der Waals surface area contributed by atoms with Crippen LogP contribution in [0.1, 0.15) is 15.9 Å². The van der Waals surface area contributed by atoms with E-state index in [1.165, 1.54) is 19.3 Å². The molecular formula is C18H13Cl2NO3. The normalized spacial score (nSPS) is 10.4. The van der Waals surface area contributed by atoms with E-state index in [4.69, 9.17) is 37.9 Å². The molecule has 0 saturated carbocycles. The summed E-state index contributed by atoms with van der Waals surface area (Å²) in [5, 5.41) is 9.33. The predicted octanol–water partition coefficient (Wildman–Crippen LogP) is 4.80. The van der Waals surface area contributed by atoms with Crippen LogP contribution < -0.4 is 9.47 Å². The van der Waals surface area contributed by atoms with Gasteiger partial charge < -0.3 is 9.47 Å². The fraction of sp³-hybridized carbons (Fsp3) is 0.111. The molecule has 2 aromatic rings. The van der Waals surface area contributed by atoms with E-state index in [-0.39, 0.29) is 12.4 Å². The smallest absolute Gasteiger partial charge is 0.187 e. The minimum Gasteiger partial charge on any atom is -0.493 e. The van der Waals surface area contributed by atoms with E-state index in [1.54, 1.807) is 36.4 Å². The zero-order valence-electron chi connectivity index (χ0n) is 12.8. The topological polar surface area (TPSA) is 59.3 Å². The molecule has 0 aliphatic carbocycles. The first-order chi connectivity index (χ1) is 11.5. The molecule has 0 aliphatic heterocycles. The molecule has 0 unspecified atom stereocenters. The summed E-state index contributed by atoms with van der Waals surface area (Å²) in [5.41, 5.74) is 1.12. The SMILES string of the molecule is COc1cc(/C=C/C(=O)c2ccc(Cl)cc2Cl)ccc1OCC#N. The molecule has 24 heavy (non-hydrogen) atoms. The Bertz CT molecular complexity index is 825. The summed E-state index contributed by atoms with van der Waals surface area (Å²) in [4.78, 5) is 12.2. The van der Waals surface area contributed by atoms with Gasteiger partial charge in [0.2, 0.25) is 0 Å². The van der Waals surface area contributed by atoms with E-state index in [0.717, 1.165) is 5.56 Å². The lowest BCUT2D eigenvalue weighted by atomic mass is 10.1. The highest BCUT2D eigenvalue weighted by molar-refractivity contribution is 6.37. The number of carbonyl (C=O) groups is 1. The number of hydrogen-bond donors (Lipinski definition) is 0. The van der Waals surface area contributed by atoms with Crippen molar-refractivity contribution in [2.45, 2.75) is 0 Å². The molecule has 0 bridgehead atoms. The zero-order chi connectivity index (χ0) is 17.5. The quantitative estimate of drug-likeness (QED) is 0.547. The Balaban J connectivity index is 2.19. The van der Waals surface area contributed by atoms with Crippen LogP contribution in [0.25, 0.3) is 6.08 Å². The van der Waals surface area contributed by atoms with Crippen molar-refractivity contribution in [1.82, 2.24) is 0 Å². The maximum absolute atomic E-state index is 12.2. The summed E-state index contributed by atoms with van der Waals surface area (Å²) in [6, 6.07) is 11.7. The third-order valence-electron chi connectivity index (χ3n) is 3.10. The summed E-state index contributed by atoms with van der Waals surface area (Å²) >= 11 is 11.8. The molecule has 0 aromatic heterocycles. The molecular weight excluding hydrogens is 349 g/mol. The van der Waals surface area contributed by atoms with Gasteiger partial charge in [-0.05, 0) is 42.0 Å². The molecule has 0 spiro atoms. The molecule has 2 rings (SSSR count). The molecule has 0 amide bonds. The Morgan fingerprint density at radius 1 is 1.21 bits per heavy atom. The van der Waals surface area contributed by atoms with Gasteiger partial charge in [-0.1, -0.05) is 35.3 Å². The summed E-state index contributed by atoms with van der Waals surface area (Å²) < 4.78 is 10.5. The fourth-order valence-electron chi connectivity index (χ4n) is 1.97. The van der Waals surface area contributed by atoms with E-state index in [0.29, 0.717) is 27.1 Å². The molecule has 122 valence electrons. The van der Waals surface area contributed by atoms with E-state index < -0.39 is 0 Å². The van der Waals surface area contributed by atoms with Crippen molar-refractivity contribution in [3.63, 3.8) is 0 Å². The molecule has 0 atom stereocenters. The first-order valence-electron chi connectivity index (χ1n) is 6.90. The molecule has 4 nitrogen and oxygen atoms in total. The Hall–Kier alpha value is -2.48. The molecule has 0 radical (unpaired) electrons. The molecule has 0 heterocycles. The molecule has 2 aromatic carbocycles. The molecule has 0 aliphatic rings. The van der Waals surface area contributed by atoms with Crippen LogP contribution in [-0.4, -0.2) is 19.5 Å². The number of nitriles is 1. The largest absolute Gasteiger partial charge is 0.493 e. The maximum atomic E-state index is 12.2. The lowest BCUT2D eigenvalue weighted by Gasteiger charge is -2.08. The highest BCUT2D eigenvalue weighted by atomic mass is 35.5. The fourth-order valence-corrected chi connectivity index (χ4v) is 2.47. The number of ketones is 1. The Morgan fingerprint density at radius 3 is 2.67 bits per heavy atom. The van der Waals surface area contributed by atoms with Crippen molar-refractivity contribution in [3.05, 3.63) is 63.6 Å². The summed E-state index contributed by atoms with van der Waals surface area (Å²) in [7, 11) is 1.50. The zero-order valence-corrected chi connectivity index (χ0v) is 14.3. The average molecular weight is 362 g/mol. The second-order valence-corrected chi connectivity index (χ2v) is 5.52. The highest BCUT2D eigenvalue weighted by Crippen LogP contribution is 2.28. The van der Waals surface area contributed by atoms with Gasteiger partial charge in [-0.2, -0.15) is 5.26 Å². The van der Waals surface area contributed by atoms with Crippen LogP contribution >= 0.6 is 23.2 Å². The number of methoxy groups -OCH3 is 1. The van der Waals surface area contributed by atoms with Gasteiger partial charge >= 0.3 is 0 Å². The number of nitrogens with zero attached hydrogens (tertiary/aromatic N) is 1. The second-order valence-electron chi connectivity index (χ2n) is 4.68. The van der Waals surface area contributed by atoms with Crippen molar-refractivity contribution in [2.75, 3.05) is 13.7 Å². The standard InChI is InChI=1S/C18H13Cl2NO3/c1-23-18-10-12(3-7-17(18)24-9-8-21)2-6-16(22)14-5-4-13(19)11-15(14)20/h2-7,10-11H,9H2,1H3/b6-2+. The van der Waals surface area contributed by atoms with Gasteiger partial charge in [0, 0.05) is 10.6 Å². The molecule has 0 saturated heterocycles. The average Bonchev–Trinajstić information content (AvgIpc) is 2.58. The molecule has 6 heteroatoms. The number of benzene rings is 2. The van der Waals surface area contributed by atoms with Gasteiger partial charge in [0.15, 0.2) is 23.9 Å². The first kappa shape index (κ1) is 17.9. The first-order valence-corrected chi connectivity index (χ1v) is 7.66.